The number of carbonyl (C=O) groups excluding carboxylic acids is 1. The van der Waals surface area contributed by atoms with E-state index < -0.39 is 5.97 Å². The summed E-state index contributed by atoms with van der Waals surface area (Å²) in [5.41, 5.74) is 0. The molecular formula is C17H31N3O3S. The van der Waals surface area contributed by atoms with Crippen LogP contribution in [-0.2, 0) is 4.79 Å². The molecule has 2 unspecified atom stereocenters. The maximum atomic E-state index is 12.4. The first-order chi connectivity index (χ1) is 11.4. The Labute approximate surface area is 149 Å². The number of rotatable bonds is 8. The van der Waals surface area contributed by atoms with Crippen LogP contribution in [0.4, 0.5) is 4.79 Å². The highest BCUT2D eigenvalue weighted by Crippen LogP contribution is 2.32. The molecule has 2 atom stereocenters. The van der Waals surface area contributed by atoms with Gasteiger partial charge in [0.15, 0.2) is 0 Å². The zero-order valence-corrected chi connectivity index (χ0v) is 15.8. The molecule has 2 amide bonds. The number of nitrogens with one attached hydrogen (secondary N) is 1. The summed E-state index contributed by atoms with van der Waals surface area (Å²) >= 11 is 2.00. The molecule has 2 rings (SSSR count). The number of carboxylic acid groups (broad SMARTS) is 1. The summed E-state index contributed by atoms with van der Waals surface area (Å²) < 4.78 is 0. The molecule has 6 nitrogen and oxygen atoms in total. The molecular weight excluding hydrogens is 326 g/mol. The van der Waals surface area contributed by atoms with Crippen molar-refractivity contribution in [3.05, 3.63) is 0 Å². The highest BCUT2D eigenvalue weighted by molar-refractivity contribution is 7.99. The third kappa shape index (κ3) is 5.02. The lowest BCUT2D eigenvalue weighted by atomic mass is 9.85. The molecule has 0 aromatic heterocycles. The van der Waals surface area contributed by atoms with Crippen LogP contribution in [0, 0.1) is 0 Å². The van der Waals surface area contributed by atoms with E-state index in [0.29, 0.717) is 11.3 Å². The molecule has 0 heterocycles. The Bertz CT molecular complexity index is 443. The molecule has 2 N–H and O–H groups in total. The van der Waals surface area contributed by atoms with Gasteiger partial charge in [-0.2, -0.15) is 11.8 Å². The maximum Gasteiger partial charge on any atom is 0.317 e. The van der Waals surface area contributed by atoms with Gasteiger partial charge in [-0.05, 0) is 44.4 Å². The van der Waals surface area contributed by atoms with Crippen molar-refractivity contribution in [1.82, 2.24) is 15.1 Å². The Morgan fingerprint density at radius 1 is 1.17 bits per heavy atom. The van der Waals surface area contributed by atoms with Gasteiger partial charge in [0.2, 0.25) is 0 Å². The predicted octanol–water partition coefficient (Wildman–Crippen LogP) is 2.24. The molecule has 0 spiro atoms. The van der Waals surface area contributed by atoms with Gasteiger partial charge in [-0.25, -0.2) is 4.79 Å². The second kappa shape index (κ2) is 8.94. The van der Waals surface area contributed by atoms with E-state index in [1.54, 1.807) is 0 Å². The average Bonchev–Trinajstić information content (AvgIpc) is 2.96. The molecule has 0 bridgehead atoms. The fraction of sp³-hybridized carbons (Fsp3) is 0.882. The van der Waals surface area contributed by atoms with Gasteiger partial charge in [0.05, 0.1) is 6.54 Å². The van der Waals surface area contributed by atoms with Crippen LogP contribution in [0.25, 0.3) is 0 Å². The van der Waals surface area contributed by atoms with E-state index in [4.69, 9.17) is 5.11 Å². The van der Waals surface area contributed by atoms with Crippen LogP contribution < -0.4 is 5.32 Å². The lowest BCUT2D eigenvalue weighted by Crippen LogP contribution is -2.57. The molecule has 0 saturated heterocycles. The highest BCUT2D eigenvalue weighted by Gasteiger charge is 2.36. The van der Waals surface area contributed by atoms with E-state index in [2.05, 4.69) is 12.2 Å². The monoisotopic (exact) mass is 357 g/mol. The van der Waals surface area contributed by atoms with Gasteiger partial charge in [0.25, 0.3) is 0 Å². The number of aliphatic carboxylic acids is 1. The zero-order chi connectivity index (χ0) is 17.7. The first-order valence-electron chi connectivity index (χ1n) is 9.05. The van der Waals surface area contributed by atoms with Crippen LogP contribution in [0.2, 0.25) is 0 Å². The SMILES string of the molecule is CCSC1CCC(N(C)C(=O)NC2CC(N(CC)CC(=O)O)C2)C1. The number of nitrogens with zero attached hydrogens (tertiary/aromatic N) is 2. The van der Waals surface area contributed by atoms with Gasteiger partial charge in [-0.15, -0.1) is 0 Å². The topological polar surface area (TPSA) is 72.9 Å². The van der Waals surface area contributed by atoms with Crippen molar-refractivity contribution in [3.63, 3.8) is 0 Å². The van der Waals surface area contributed by atoms with Crippen molar-refractivity contribution in [2.24, 2.45) is 0 Å². The van der Waals surface area contributed by atoms with Gasteiger partial charge in [0.1, 0.15) is 0 Å². The summed E-state index contributed by atoms with van der Waals surface area (Å²) in [5.74, 6) is 0.353. The normalized spacial score (nSPS) is 29.3. The van der Waals surface area contributed by atoms with Crippen molar-refractivity contribution in [2.45, 2.75) is 69.3 Å². The van der Waals surface area contributed by atoms with Crippen molar-refractivity contribution < 1.29 is 14.7 Å². The largest absolute Gasteiger partial charge is 0.480 e. The Morgan fingerprint density at radius 3 is 2.46 bits per heavy atom. The van der Waals surface area contributed by atoms with E-state index in [0.717, 1.165) is 38.0 Å². The minimum absolute atomic E-state index is 0.0203. The van der Waals surface area contributed by atoms with Crippen molar-refractivity contribution in [1.29, 1.82) is 0 Å². The number of thioether (sulfide) groups is 1. The smallest absolute Gasteiger partial charge is 0.317 e. The third-order valence-corrected chi connectivity index (χ3v) is 6.56. The van der Waals surface area contributed by atoms with E-state index in [1.807, 2.05) is 35.5 Å². The van der Waals surface area contributed by atoms with Crippen LogP contribution >= 0.6 is 11.8 Å². The van der Waals surface area contributed by atoms with Gasteiger partial charge in [-0.1, -0.05) is 13.8 Å². The van der Waals surface area contributed by atoms with Gasteiger partial charge in [0, 0.05) is 30.4 Å². The molecule has 2 fully saturated rings. The molecule has 0 aliphatic heterocycles. The number of amides is 2. The lowest BCUT2D eigenvalue weighted by Gasteiger charge is -2.43. The quantitative estimate of drug-likeness (QED) is 0.697. The summed E-state index contributed by atoms with van der Waals surface area (Å²) in [6.07, 6.45) is 5.08. The van der Waals surface area contributed by atoms with Gasteiger partial charge < -0.3 is 15.3 Å². The predicted molar refractivity (Wildman–Crippen MR) is 97.5 cm³/mol. The Balaban J connectivity index is 1.71. The lowest BCUT2D eigenvalue weighted by molar-refractivity contribution is -0.139. The standard InChI is InChI=1S/C17H31N3O3S/c1-4-20(11-16(21)22)14-8-12(9-14)18-17(23)19(3)13-6-7-15(10-13)24-5-2/h12-15H,4-11H2,1-3H3,(H,18,23)(H,21,22). The van der Waals surface area contributed by atoms with E-state index >= 15 is 0 Å². The fourth-order valence-electron chi connectivity index (χ4n) is 3.78. The van der Waals surface area contributed by atoms with Crippen LogP contribution in [0.5, 0.6) is 0 Å². The number of hydrogen-bond acceptors (Lipinski definition) is 4. The zero-order valence-electron chi connectivity index (χ0n) is 15.0. The first-order valence-corrected chi connectivity index (χ1v) is 10.1. The molecule has 24 heavy (non-hydrogen) atoms. The summed E-state index contributed by atoms with van der Waals surface area (Å²) in [7, 11) is 1.90. The number of likely N-dealkylation sites (N-methyl/N-ethyl adjacent to an activating group) is 1. The minimum atomic E-state index is -0.787. The summed E-state index contributed by atoms with van der Waals surface area (Å²) in [5, 5.41) is 12.7. The van der Waals surface area contributed by atoms with Crippen LogP contribution in [-0.4, -0.2) is 76.2 Å². The highest BCUT2D eigenvalue weighted by atomic mass is 32.2. The molecule has 2 aliphatic rings. The van der Waals surface area contributed by atoms with Crippen LogP contribution in [0.1, 0.15) is 46.0 Å². The minimum Gasteiger partial charge on any atom is -0.480 e. The third-order valence-electron chi connectivity index (χ3n) is 5.33. The second-order valence-corrected chi connectivity index (χ2v) is 8.46. The first kappa shape index (κ1) is 19.4. The molecule has 138 valence electrons. The van der Waals surface area contributed by atoms with E-state index in [9.17, 15) is 9.59 Å². The molecule has 0 aromatic carbocycles. The average molecular weight is 358 g/mol. The Morgan fingerprint density at radius 2 is 1.88 bits per heavy atom. The number of hydrogen-bond donors (Lipinski definition) is 2. The van der Waals surface area contributed by atoms with Crippen molar-refractivity contribution >= 4 is 23.8 Å². The summed E-state index contributed by atoms with van der Waals surface area (Å²) in [6, 6.07) is 0.824. The van der Waals surface area contributed by atoms with Crippen LogP contribution in [0.3, 0.4) is 0 Å². The van der Waals surface area contributed by atoms with E-state index in [-0.39, 0.29) is 24.7 Å². The fourth-order valence-corrected chi connectivity index (χ4v) is 4.91. The maximum absolute atomic E-state index is 12.4. The van der Waals surface area contributed by atoms with E-state index in [1.165, 1.54) is 6.42 Å². The molecule has 2 aliphatic carbocycles. The molecule has 0 aromatic rings. The number of carboxylic acids is 1. The van der Waals surface area contributed by atoms with Crippen LogP contribution in [0.15, 0.2) is 0 Å². The second-order valence-electron chi connectivity index (χ2n) is 6.88. The molecule has 0 radical (unpaired) electrons. The molecule has 7 heteroatoms. The Kier molecular flexibility index (Phi) is 7.22. The number of carbonyl (C=O) groups is 2. The van der Waals surface area contributed by atoms with Gasteiger partial charge in [-0.3, -0.25) is 9.69 Å². The Hall–Kier alpha value is -0.950. The summed E-state index contributed by atoms with van der Waals surface area (Å²) in [4.78, 5) is 27.1. The molecule has 2 saturated carbocycles. The van der Waals surface area contributed by atoms with Gasteiger partial charge >= 0.3 is 12.0 Å². The van der Waals surface area contributed by atoms with Crippen molar-refractivity contribution in [3.8, 4) is 0 Å². The summed E-state index contributed by atoms with van der Waals surface area (Å²) in [6.45, 7) is 4.98. The van der Waals surface area contributed by atoms with Crippen molar-refractivity contribution in [2.75, 3.05) is 25.9 Å². The number of urea groups is 1.